The lowest BCUT2D eigenvalue weighted by Crippen LogP contribution is -2.19. The minimum absolute atomic E-state index is 0.237. The molecule has 0 radical (unpaired) electrons. The van der Waals surface area contributed by atoms with E-state index in [1.54, 1.807) is 42.5 Å². The van der Waals surface area contributed by atoms with Crippen LogP contribution in [0.4, 0.5) is 0 Å². The van der Waals surface area contributed by atoms with E-state index >= 15 is 0 Å². The number of amides is 1. The van der Waals surface area contributed by atoms with Crippen molar-refractivity contribution in [1.29, 1.82) is 0 Å². The molecular formula is C29H17Br2Cl2N3O3. The normalized spacial score (nSPS) is 11.2. The van der Waals surface area contributed by atoms with Gasteiger partial charge < -0.3 is 9.72 Å². The Labute approximate surface area is 250 Å². The van der Waals surface area contributed by atoms with Gasteiger partial charge in [-0.3, -0.25) is 4.79 Å². The van der Waals surface area contributed by atoms with E-state index in [0.717, 1.165) is 16.5 Å². The van der Waals surface area contributed by atoms with E-state index < -0.39 is 11.9 Å². The fourth-order valence-electron chi connectivity index (χ4n) is 3.98. The molecule has 0 atom stereocenters. The molecule has 194 valence electrons. The topological polar surface area (TPSA) is 83.5 Å². The number of carbonyl (C=O) groups is 2. The largest absolute Gasteiger partial charge is 0.421 e. The first kappa shape index (κ1) is 27.1. The van der Waals surface area contributed by atoms with Gasteiger partial charge in [-0.1, -0.05) is 69.5 Å². The van der Waals surface area contributed by atoms with Crippen molar-refractivity contribution in [2.45, 2.75) is 0 Å². The van der Waals surface area contributed by atoms with Crippen molar-refractivity contribution < 1.29 is 14.3 Å². The molecule has 1 aromatic heterocycles. The summed E-state index contributed by atoms with van der Waals surface area (Å²) in [5.74, 6) is -0.787. The van der Waals surface area contributed by atoms with Gasteiger partial charge in [0.2, 0.25) is 0 Å². The van der Waals surface area contributed by atoms with E-state index in [-0.39, 0.29) is 5.75 Å². The highest BCUT2D eigenvalue weighted by Crippen LogP contribution is 2.35. The Kier molecular flexibility index (Phi) is 8.18. The van der Waals surface area contributed by atoms with Gasteiger partial charge in [-0.2, -0.15) is 5.10 Å². The van der Waals surface area contributed by atoms with Crippen LogP contribution in [-0.2, 0) is 0 Å². The highest BCUT2D eigenvalue weighted by Gasteiger charge is 2.20. The standard InChI is InChI=1S/C29H17Br2Cl2N3O3/c30-19-12-18(27(23(31)13-19)39-29(38)17-6-8-20(32)9-7-17)15-34-36-28(37)26-25(16-4-2-1-3-5-16)22-14-21(33)10-11-24(22)35-26/h1-15,35H,(H,36,37). The number of hydrogen-bond donors (Lipinski definition) is 2. The minimum Gasteiger partial charge on any atom is -0.421 e. The summed E-state index contributed by atoms with van der Waals surface area (Å²) in [6.45, 7) is 0. The van der Waals surface area contributed by atoms with Gasteiger partial charge in [-0.25, -0.2) is 10.2 Å². The second-order valence-electron chi connectivity index (χ2n) is 8.33. The predicted octanol–water partition coefficient (Wildman–Crippen LogP) is 8.65. The minimum atomic E-state index is -0.572. The lowest BCUT2D eigenvalue weighted by atomic mass is 10.0. The van der Waals surface area contributed by atoms with Crippen LogP contribution in [0.25, 0.3) is 22.0 Å². The quantitative estimate of drug-likeness (QED) is 0.0812. The van der Waals surface area contributed by atoms with Gasteiger partial charge >= 0.3 is 5.97 Å². The Morgan fingerprint density at radius 3 is 2.36 bits per heavy atom. The summed E-state index contributed by atoms with van der Waals surface area (Å²) < 4.78 is 6.89. The lowest BCUT2D eigenvalue weighted by molar-refractivity contribution is 0.0733. The fourth-order valence-corrected chi connectivity index (χ4v) is 5.61. The number of aromatic nitrogens is 1. The Morgan fingerprint density at radius 2 is 1.62 bits per heavy atom. The second kappa shape index (κ2) is 11.8. The first-order valence-electron chi connectivity index (χ1n) is 11.5. The van der Waals surface area contributed by atoms with Crippen LogP contribution in [0.5, 0.6) is 5.75 Å². The molecule has 6 nitrogen and oxygen atoms in total. The van der Waals surface area contributed by atoms with E-state index in [9.17, 15) is 9.59 Å². The number of nitrogens with one attached hydrogen (secondary N) is 2. The Hall–Kier alpha value is -3.43. The number of aromatic amines is 1. The molecule has 10 heteroatoms. The summed E-state index contributed by atoms with van der Waals surface area (Å²) in [7, 11) is 0. The van der Waals surface area contributed by atoms with Crippen LogP contribution in [0.3, 0.4) is 0 Å². The molecular weight excluding hydrogens is 669 g/mol. The van der Waals surface area contributed by atoms with Crippen LogP contribution < -0.4 is 10.2 Å². The summed E-state index contributed by atoms with van der Waals surface area (Å²) >= 11 is 19.0. The van der Waals surface area contributed by atoms with Crippen LogP contribution in [0.15, 0.2) is 99.0 Å². The summed E-state index contributed by atoms with van der Waals surface area (Å²) in [5.41, 5.74) is 6.02. The molecule has 2 N–H and O–H groups in total. The Morgan fingerprint density at radius 1 is 0.897 bits per heavy atom. The van der Waals surface area contributed by atoms with Crippen molar-refractivity contribution in [2.75, 3.05) is 0 Å². The Balaban J connectivity index is 1.43. The molecule has 0 saturated carbocycles. The molecule has 0 aliphatic rings. The van der Waals surface area contributed by atoms with Crippen LogP contribution in [0, 0.1) is 0 Å². The average Bonchev–Trinajstić information content (AvgIpc) is 3.30. The predicted molar refractivity (Wildman–Crippen MR) is 162 cm³/mol. The summed E-state index contributed by atoms with van der Waals surface area (Å²) in [6, 6.07) is 24.7. The SMILES string of the molecule is O=C(Oc1c(Br)cc(Br)cc1C=NNC(=O)c1[nH]c2ccc(Cl)cc2c1-c1ccccc1)c1ccc(Cl)cc1. The maximum Gasteiger partial charge on any atom is 0.343 e. The molecule has 5 rings (SSSR count). The number of nitrogens with zero attached hydrogens (tertiary/aromatic N) is 1. The average molecular weight is 686 g/mol. The molecule has 0 spiro atoms. The number of esters is 1. The van der Waals surface area contributed by atoms with Crippen molar-refractivity contribution in [1.82, 2.24) is 10.4 Å². The monoisotopic (exact) mass is 683 g/mol. The summed E-state index contributed by atoms with van der Waals surface area (Å²) in [4.78, 5) is 29.2. The first-order valence-corrected chi connectivity index (χ1v) is 13.8. The van der Waals surface area contributed by atoms with Gasteiger partial charge in [0.1, 0.15) is 5.69 Å². The highest BCUT2D eigenvalue weighted by molar-refractivity contribution is 9.11. The van der Waals surface area contributed by atoms with Gasteiger partial charge in [-0.05, 0) is 76.1 Å². The smallest absolute Gasteiger partial charge is 0.343 e. The molecule has 0 aliphatic carbocycles. The number of carbonyl (C=O) groups excluding carboxylic acids is 2. The van der Waals surface area contributed by atoms with E-state index in [0.29, 0.717) is 41.4 Å². The molecule has 5 aromatic rings. The molecule has 0 fully saturated rings. The zero-order valence-electron chi connectivity index (χ0n) is 19.8. The fraction of sp³-hybridized carbons (Fsp3) is 0. The van der Waals surface area contributed by atoms with Crippen molar-refractivity contribution in [2.24, 2.45) is 5.10 Å². The zero-order chi connectivity index (χ0) is 27.5. The third kappa shape index (κ3) is 6.09. The zero-order valence-corrected chi connectivity index (χ0v) is 24.5. The molecule has 4 aromatic carbocycles. The van der Waals surface area contributed by atoms with Crippen LogP contribution in [0.2, 0.25) is 10.0 Å². The number of halogens is 4. The molecule has 0 bridgehead atoms. The highest BCUT2D eigenvalue weighted by atomic mass is 79.9. The maximum absolute atomic E-state index is 13.3. The third-order valence-corrected chi connectivity index (χ3v) is 7.27. The summed E-state index contributed by atoms with van der Waals surface area (Å²) in [6.07, 6.45) is 1.40. The number of benzene rings is 4. The number of rotatable bonds is 6. The maximum atomic E-state index is 13.3. The number of hydrogen-bond acceptors (Lipinski definition) is 4. The Bertz CT molecular complexity index is 1740. The van der Waals surface area contributed by atoms with Crippen molar-refractivity contribution in [3.05, 3.63) is 121 Å². The van der Waals surface area contributed by atoms with E-state index in [1.807, 2.05) is 42.5 Å². The van der Waals surface area contributed by atoms with E-state index in [1.165, 1.54) is 6.21 Å². The van der Waals surface area contributed by atoms with Crippen molar-refractivity contribution in [3.8, 4) is 16.9 Å². The molecule has 0 unspecified atom stereocenters. The van der Waals surface area contributed by atoms with E-state index in [4.69, 9.17) is 27.9 Å². The van der Waals surface area contributed by atoms with Crippen LogP contribution in [-0.4, -0.2) is 23.1 Å². The van der Waals surface area contributed by atoms with Gasteiger partial charge in [0.05, 0.1) is 16.3 Å². The summed E-state index contributed by atoms with van der Waals surface area (Å²) in [5, 5.41) is 6.04. The van der Waals surface area contributed by atoms with Crippen molar-refractivity contribution in [3.63, 3.8) is 0 Å². The van der Waals surface area contributed by atoms with Crippen molar-refractivity contribution >= 4 is 84.1 Å². The molecule has 1 heterocycles. The second-order valence-corrected chi connectivity index (χ2v) is 11.0. The van der Waals surface area contributed by atoms with E-state index in [2.05, 4.69) is 47.4 Å². The molecule has 39 heavy (non-hydrogen) atoms. The molecule has 1 amide bonds. The number of H-pyrrole nitrogens is 1. The lowest BCUT2D eigenvalue weighted by Gasteiger charge is -2.11. The number of fused-ring (bicyclic) bond motifs is 1. The van der Waals surface area contributed by atoms with Gasteiger partial charge in [0.25, 0.3) is 5.91 Å². The third-order valence-electron chi connectivity index (χ3n) is 5.73. The van der Waals surface area contributed by atoms with Crippen LogP contribution in [0.1, 0.15) is 26.4 Å². The van der Waals surface area contributed by atoms with Gasteiger partial charge in [0.15, 0.2) is 5.75 Å². The molecule has 0 aliphatic heterocycles. The number of hydrazone groups is 1. The van der Waals surface area contributed by atoms with Gasteiger partial charge in [0, 0.05) is 36.5 Å². The number of ether oxygens (including phenoxy) is 1. The first-order chi connectivity index (χ1) is 18.8. The van der Waals surface area contributed by atoms with Gasteiger partial charge in [-0.15, -0.1) is 0 Å². The van der Waals surface area contributed by atoms with Crippen LogP contribution >= 0.6 is 55.1 Å². The molecule has 0 saturated heterocycles.